The van der Waals surface area contributed by atoms with Crippen LogP contribution in [0.5, 0.6) is 5.75 Å². The molecule has 0 aliphatic rings. The van der Waals surface area contributed by atoms with E-state index in [0.29, 0.717) is 0 Å². The van der Waals surface area contributed by atoms with Crippen LogP contribution in [0.4, 0.5) is 8.78 Å². The lowest BCUT2D eigenvalue weighted by Gasteiger charge is -2.10. The van der Waals surface area contributed by atoms with Crippen LogP contribution >= 0.6 is 0 Å². The molecule has 5 heteroatoms. The van der Waals surface area contributed by atoms with Crippen LogP contribution in [0.3, 0.4) is 0 Å². The van der Waals surface area contributed by atoms with E-state index >= 15 is 0 Å². The average Bonchev–Trinajstić information content (AvgIpc) is 2.46. The van der Waals surface area contributed by atoms with Crippen molar-refractivity contribution in [3.05, 3.63) is 64.7 Å². The van der Waals surface area contributed by atoms with Gasteiger partial charge < -0.3 is 14.9 Å². The average molecular weight is 280 g/mol. The molecule has 3 nitrogen and oxygen atoms in total. The zero-order valence-electron chi connectivity index (χ0n) is 10.6. The molecule has 0 aromatic heterocycles. The van der Waals surface area contributed by atoms with Crippen LogP contribution in [0.1, 0.15) is 16.7 Å². The van der Waals surface area contributed by atoms with E-state index < -0.39 is 24.0 Å². The van der Waals surface area contributed by atoms with Gasteiger partial charge in [-0.05, 0) is 28.8 Å². The summed E-state index contributed by atoms with van der Waals surface area (Å²) in [7, 11) is 0. The van der Waals surface area contributed by atoms with Crippen molar-refractivity contribution in [3.8, 4) is 5.75 Å². The fraction of sp³-hybridized carbons (Fsp3) is 0.200. The number of aliphatic hydroxyl groups is 2. The van der Waals surface area contributed by atoms with Gasteiger partial charge in [-0.15, -0.1) is 0 Å². The zero-order valence-corrected chi connectivity index (χ0v) is 10.6. The third-order valence-corrected chi connectivity index (χ3v) is 2.83. The van der Waals surface area contributed by atoms with E-state index in [9.17, 15) is 8.78 Å². The minimum atomic E-state index is -0.846. The number of rotatable bonds is 5. The number of ether oxygens (including phenoxy) is 1. The Labute approximate surface area is 115 Å². The minimum Gasteiger partial charge on any atom is -0.483 e. The second kappa shape index (κ2) is 6.45. The normalized spacial score (nSPS) is 10.6. The van der Waals surface area contributed by atoms with Crippen LogP contribution in [0.15, 0.2) is 36.4 Å². The van der Waals surface area contributed by atoms with Gasteiger partial charge in [0.05, 0.1) is 13.2 Å². The third kappa shape index (κ3) is 3.31. The molecule has 0 atom stereocenters. The van der Waals surface area contributed by atoms with Gasteiger partial charge in [0.1, 0.15) is 6.61 Å². The van der Waals surface area contributed by atoms with E-state index in [2.05, 4.69) is 0 Å². The third-order valence-electron chi connectivity index (χ3n) is 2.83. The van der Waals surface area contributed by atoms with Crippen molar-refractivity contribution in [3.63, 3.8) is 0 Å². The van der Waals surface area contributed by atoms with Crippen molar-refractivity contribution in [2.24, 2.45) is 0 Å². The molecule has 2 rings (SSSR count). The molecule has 0 bridgehead atoms. The summed E-state index contributed by atoms with van der Waals surface area (Å²) in [5.41, 5.74) is 1.63. The lowest BCUT2D eigenvalue weighted by molar-refractivity contribution is 0.265. The Hall–Kier alpha value is -1.98. The molecule has 0 unspecified atom stereocenters. The quantitative estimate of drug-likeness (QED) is 0.885. The molecule has 0 aliphatic heterocycles. The molecule has 0 saturated carbocycles. The fourth-order valence-corrected chi connectivity index (χ4v) is 1.74. The summed E-state index contributed by atoms with van der Waals surface area (Å²) in [6, 6.07) is 8.91. The highest BCUT2D eigenvalue weighted by molar-refractivity contribution is 5.31. The van der Waals surface area contributed by atoms with Crippen molar-refractivity contribution in [1.82, 2.24) is 0 Å². The summed E-state index contributed by atoms with van der Waals surface area (Å²) < 4.78 is 32.4. The summed E-state index contributed by atoms with van der Waals surface area (Å²) >= 11 is 0. The highest BCUT2D eigenvalue weighted by atomic mass is 19.1. The molecule has 106 valence electrons. The highest BCUT2D eigenvalue weighted by Gasteiger charge is 2.12. The molecule has 2 aromatic carbocycles. The molecule has 0 amide bonds. The molecule has 2 aromatic rings. The Morgan fingerprint density at radius 1 is 0.800 bits per heavy atom. The lowest BCUT2D eigenvalue weighted by Crippen LogP contribution is -2.01. The van der Waals surface area contributed by atoms with E-state index in [0.717, 1.165) is 23.3 Å². The summed E-state index contributed by atoms with van der Waals surface area (Å²) in [6.45, 7) is -0.484. The molecule has 0 aliphatic carbocycles. The number of benzene rings is 2. The maximum atomic E-state index is 13.6. The van der Waals surface area contributed by atoms with Crippen molar-refractivity contribution < 1.29 is 23.7 Å². The Bertz CT molecular complexity index is 559. The number of hydrogen-bond acceptors (Lipinski definition) is 3. The van der Waals surface area contributed by atoms with E-state index in [1.165, 1.54) is 0 Å². The molecule has 20 heavy (non-hydrogen) atoms. The van der Waals surface area contributed by atoms with Crippen LogP contribution in [-0.2, 0) is 19.8 Å². The molecular weight excluding hydrogens is 266 g/mol. The lowest BCUT2D eigenvalue weighted by atomic mass is 10.1. The van der Waals surface area contributed by atoms with Crippen LogP contribution in [0.2, 0.25) is 0 Å². The Morgan fingerprint density at radius 2 is 1.30 bits per heavy atom. The van der Waals surface area contributed by atoms with Crippen molar-refractivity contribution in [1.29, 1.82) is 0 Å². The smallest absolute Gasteiger partial charge is 0.191 e. The first-order valence-electron chi connectivity index (χ1n) is 6.04. The Morgan fingerprint density at radius 3 is 1.80 bits per heavy atom. The standard InChI is InChI=1S/C15H14F2O3/c16-13-5-12(8-19)6-14(17)15(13)20-9-11-3-1-10(7-18)2-4-11/h1-6,18-19H,7-9H2. The molecule has 0 heterocycles. The molecule has 0 spiro atoms. The van der Waals surface area contributed by atoms with Crippen LogP contribution in [0, 0.1) is 11.6 Å². The molecule has 2 N–H and O–H groups in total. The largest absolute Gasteiger partial charge is 0.483 e. The maximum Gasteiger partial charge on any atom is 0.191 e. The molecular formula is C15H14F2O3. The maximum absolute atomic E-state index is 13.6. The zero-order chi connectivity index (χ0) is 14.5. The van der Waals surface area contributed by atoms with Crippen molar-refractivity contribution in [2.45, 2.75) is 19.8 Å². The highest BCUT2D eigenvalue weighted by Crippen LogP contribution is 2.24. The SMILES string of the molecule is OCc1ccc(COc2c(F)cc(CO)cc2F)cc1. The number of hydrogen-bond donors (Lipinski definition) is 2. The predicted octanol–water partition coefficient (Wildman–Crippen LogP) is 2.53. The first-order valence-corrected chi connectivity index (χ1v) is 6.04. The predicted molar refractivity (Wildman–Crippen MR) is 69.0 cm³/mol. The van der Waals surface area contributed by atoms with Gasteiger partial charge in [0.2, 0.25) is 0 Å². The monoisotopic (exact) mass is 280 g/mol. The van der Waals surface area contributed by atoms with E-state index in [4.69, 9.17) is 14.9 Å². The van der Waals surface area contributed by atoms with Crippen LogP contribution in [0.25, 0.3) is 0 Å². The van der Waals surface area contributed by atoms with Gasteiger partial charge in [0.15, 0.2) is 17.4 Å². The molecule has 0 saturated heterocycles. The van der Waals surface area contributed by atoms with Gasteiger partial charge in [-0.3, -0.25) is 0 Å². The van der Waals surface area contributed by atoms with Gasteiger partial charge in [0.25, 0.3) is 0 Å². The van der Waals surface area contributed by atoms with Gasteiger partial charge in [-0.25, -0.2) is 8.78 Å². The summed E-state index contributed by atoms with van der Waals surface area (Å²) in [5, 5.41) is 17.7. The van der Waals surface area contributed by atoms with Crippen LogP contribution in [-0.4, -0.2) is 10.2 Å². The van der Waals surface area contributed by atoms with Crippen molar-refractivity contribution >= 4 is 0 Å². The van der Waals surface area contributed by atoms with Gasteiger partial charge >= 0.3 is 0 Å². The number of halogens is 2. The second-order valence-electron chi connectivity index (χ2n) is 4.31. The van der Waals surface area contributed by atoms with E-state index in [1.54, 1.807) is 24.3 Å². The minimum absolute atomic E-state index is 0.0119. The fourth-order valence-electron chi connectivity index (χ4n) is 1.74. The van der Waals surface area contributed by atoms with Gasteiger partial charge in [0, 0.05) is 0 Å². The topological polar surface area (TPSA) is 49.7 Å². The first kappa shape index (κ1) is 14.4. The molecule has 0 radical (unpaired) electrons. The summed E-state index contributed by atoms with van der Waals surface area (Å²) in [5.74, 6) is -2.16. The number of aliphatic hydroxyl groups excluding tert-OH is 2. The first-order chi connectivity index (χ1) is 9.63. The Balaban J connectivity index is 2.10. The molecule has 0 fully saturated rings. The van der Waals surface area contributed by atoms with E-state index in [1.807, 2.05) is 0 Å². The Kier molecular flexibility index (Phi) is 4.65. The van der Waals surface area contributed by atoms with Crippen molar-refractivity contribution in [2.75, 3.05) is 0 Å². The summed E-state index contributed by atoms with van der Waals surface area (Å²) in [4.78, 5) is 0. The second-order valence-corrected chi connectivity index (χ2v) is 4.31. The van der Waals surface area contributed by atoms with Crippen LogP contribution < -0.4 is 4.74 Å². The van der Waals surface area contributed by atoms with E-state index in [-0.39, 0.29) is 18.8 Å². The van der Waals surface area contributed by atoms with Gasteiger partial charge in [-0.2, -0.15) is 0 Å². The summed E-state index contributed by atoms with van der Waals surface area (Å²) in [6.07, 6.45) is 0. The van der Waals surface area contributed by atoms with Gasteiger partial charge in [-0.1, -0.05) is 24.3 Å².